The summed E-state index contributed by atoms with van der Waals surface area (Å²) in [5.74, 6) is -0.403. The van der Waals surface area contributed by atoms with Gasteiger partial charge in [-0.25, -0.2) is 0 Å². The van der Waals surface area contributed by atoms with Crippen molar-refractivity contribution in [1.82, 2.24) is 10.2 Å². The number of rotatable bonds is 4. The quantitative estimate of drug-likeness (QED) is 0.907. The van der Waals surface area contributed by atoms with E-state index in [0.717, 1.165) is 0 Å². The Hall–Kier alpha value is -1.55. The normalized spacial score (nSPS) is 10.3. The van der Waals surface area contributed by atoms with Gasteiger partial charge in [0.2, 0.25) is 5.91 Å². The van der Waals surface area contributed by atoms with Crippen LogP contribution in [-0.4, -0.2) is 36.3 Å². The Labute approximate surface area is 112 Å². The van der Waals surface area contributed by atoms with Gasteiger partial charge in [0.15, 0.2) is 0 Å². The molecular weight excluding hydrogens is 252 g/mol. The first-order chi connectivity index (χ1) is 8.40. The maximum absolute atomic E-state index is 12.0. The molecule has 0 aliphatic heterocycles. The Bertz CT molecular complexity index is 446. The number of hydrogen-bond acceptors (Lipinski definition) is 2. The first kappa shape index (κ1) is 14.5. The van der Waals surface area contributed by atoms with Crippen LogP contribution in [0.25, 0.3) is 0 Å². The second-order valence-corrected chi connectivity index (χ2v) is 4.83. The van der Waals surface area contributed by atoms with Crippen LogP contribution in [0.15, 0.2) is 24.3 Å². The number of benzene rings is 1. The van der Waals surface area contributed by atoms with Crippen LogP contribution in [0.2, 0.25) is 5.02 Å². The van der Waals surface area contributed by atoms with Gasteiger partial charge in [-0.3, -0.25) is 9.59 Å². The zero-order valence-corrected chi connectivity index (χ0v) is 11.5. The van der Waals surface area contributed by atoms with Gasteiger partial charge in [0, 0.05) is 23.7 Å². The number of hydrogen-bond donors (Lipinski definition) is 1. The first-order valence-corrected chi connectivity index (χ1v) is 6.08. The Morgan fingerprint density at radius 3 is 2.61 bits per heavy atom. The summed E-state index contributed by atoms with van der Waals surface area (Å²) in [5.41, 5.74) is 0.474. The van der Waals surface area contributed by atoms with Gasteiger partial charge in [-0.05, 0) is 32.0 Å². The van der Waals surface area contributed by atoms with Crippen molar-refractivity contribution in [3.63, 3.8) is 0 Å². The lowest BCUT2D eigenvalue weighted by atomic mass is 10.2. The van der Waals surface area contributed by atoms with Gasteiger partial charge >= 0.3 is 0 Å². The van der Waals surface area contributed by atoms with Crippen LogP contribution in [0.3, 0.4) is 0 Å². The summed E-state index contributed by atoms with van der Waals surface area (Å²) in [4.78, 5) is 24.9. The van der Waals surface area contributed by atoms with E-state index in [1.54, 1.807) is 31.3 Å². The molecule has 0 fully saturated rings. The molecule has 0 aliphatic rings. The smallest absolute Gasteiger partial charge is 0.254 e. The second-order valence-electron chi connectivity index (χ2n) is 4.39. The summed E-state index contributed by atoms with van der Waals surface area (Å²) in [5, 5.41) is 3.23. The molecule has 5 heteroatoms. The van der Waals surface area contributed by atoms with E-state index in [1.807, 2.05) is 13.8 Å². The fourth-order valence-corrected chi connectivity index (χ4v) is 1.69. The van der Waals surface area contributed by atoms with Crippen molar-refractivity contribution in [2.45, 2.75) is 19.9 Å². The van der Waals surface area contributed by atoms with Gasteiger partial charge in [-0.2, -0.15) is 0 Å². The van der Waals surface area contributed by atoms with Crippen LogP contribution < -0.4 is 5.32 Å². The summed E-state index contributed by atoms with van der Waals surface area (Å²) in [6.45, 7) is 3.77. The number of likely N-dealkylation sites (N-methyl/N-ethyl adjacent to an activating group) is 1. The van der Waals surface area contributed by atoms with E-state index in [9.17, 15) is 9.59 Å². The third-order valence-electron chi connectivity index (χ3n) is 2.25. The van der Waals surface area contributed by atoms with E-state index in [0.29, 0.717) is 10.6 Å². The lowest BCUT2D eigenvalue weighted by molar-refractivity contribution is -0.122. The Morgan fingerprint density at radius 2 is 2.06 bits per heavy atom. The molecule has 98 valence electrons. The molecule has 1 rings (SSSR count). The highest BCUT2D eigenvalue weighted by Gasteiger charge is 2.15. The van der Waals surface area contributed by atoms with E-state index in [2.05, 4.69) is 5.32 Å². The minimum Gasteiger partial charge on any atom is -0.352 e. The molecule has 2 amide bonds. The molecule has 0 saturated heterocycles. The molecule has 0 atom stereocenters. The Kier molecular flexibility index (Phi) is 5.16. The van der Waals surface area contributed by atoms with Crippen LogP contribution in [0.4, 0.5) is 0 Å². The summed E-state index contributed by atoms with van der Waals surface area (Å²) in [7, 11) is 1.59. The molecule has 18 heavy (non-hydrogen) atoms. The largest absolute Gasteiger partial charge is 0.352 e. The van der Waals surface area contributed by atoms with Gasteiger partial charge < -0.3 is 10.2 Å². The molecule has 0 heterocycles. The molecule has 1 N–H and O–H groups in total. The van der Waals surface area contributed by atoms with Crippen molar-refractivity contribution in [3.8, 4) is 0 Å². The fraction of sp³-hybridized carbons (Fsp3) is 0.385. The monoisotopic (exact) mass is 268 g/mol. The molecule has 0 unspecified atom stereocenters. The number of carbonyl (C=O) groups is 2. The molecule has 1 aromatic carbocycles. The topological polar surface area (TPSA) is 49.4 Å². The second kappa shape index (κ2) is 6.40. The maximum atomic E-state index is 12.0. The Balaban J connectivity index is 2.64. The van der Waals surface area contributed by atoms with Crippen molar-refractivity contribution in [2.24, 2.45) is 0 Å². The van der Waals surface area contributed by atoms with Gasteiger partial charge in [0.25, 0.3) is 5.91 Å². The number of halogens is 1. The average molecular weight is 269 g/mol. The van der Waals surface area contributed by atoms with Crippen LogP contribution in [0.1, 0.15) is 24.2 Å². The number of amides is 2. The molecule has 0 aromatic heterocycles. The van der Waals surface area contributed by atoms with E-state index < -0.39 is 0 Å². The predicted octanol–water partition coefficient (Wildman–Crippen LogP) is 1.94. The van der Waals surface area contributed by atoms with Gasteiger partial charge in [-0.1, -0.05) is 17.7 Å². The van der Waals surface area contributed by atoms with Crippen molar-refractivity contribution >= 4 is 23.4 Å². The van der Waals surface area contributed by atoms with E-state index in [1.165, 1.54) is 4.90 Å². The van der Waals surface area contributed by atoms with Crippen LogP contribution in [0, 0.1) is 0 Å². The predicted molar refractivity (Wildman–Crippen MR) is 71.7 cm³/mol. The van der Waals surface area contributed by atoms with E-state index >= 15 is 0 Å². The lowest BCUT2D eigenvalue weighted by Gasteiger charge is -2.18. The highest BCUT2D eigenvalue weighted by atomic mass is 35.5. The van der Waals surface area contributed by atoms with E-state index in [-0.39, 0.29) is 24.4 Å². The molecule has 0 spiro atoms. The molecular formula is C13H17ClN2O2. The minimum absolute atomic E-state index is 0.0313. The first-order valence-electron chi connectivity index (χ1n) is 5.70. The Morgan fingerprint density at radius 1 is 1.39 bits per heavy atom. The van der Waals surface area contributed by atoms with Crippen molar-refractivity contribution in [1.29, 1.82) is 0 Å². The molecule has 1 aromatic rings. The van der Waals surface area contributed by atoms with Crippen molar-refractivity contribution in [3.05, 3.63) is 34.9 Å². The zero-order valence-electron chi connectivity index (χ0n) is 10.7. The maximum Gasteiger partial charge on any atom is 0.254 e. The lowest BCUT2D eigenvalue weighted by Crippen LogP contribution is -2.40. The van der Waals surface area contributed by atoms with Crippen LogP contribution in [0.5, 0.6) is 0 Å². The van der Waals surface area contributed by atoms with E-state index in [4.69, 9.17) is 11.6 Å². The summed E-state index contributed by atoms with van der Waals surface area (Å²) >= 11 is 5.82. The van der Waals surface area contributed by atoms with Crippen molar-refractivity contribution < 1.29 is 9.59 Å². The van der Waals surface area contributed by atoms with Crippen LogP contribution in [-0.2, 0) is 4.79 Å². The minimum atomic E-state index is -0.226. The highest BCUT2D eigenvalue weighted by Crippen LogP contribution is 2.12. The molecule has 0 radical (unpaired) electrons. The third kappa shape index (κ3) is 4.37. The number of nitrogens with one attached hydrogen (secondary N) is 1. The number of carbonyl (C=O) groups excluding carboxylic acids is 2. The average Bonchev–Trinajstić information content (AvgIpc) is 2.26. The summed E-state index contributed by atoms with van der Waals surface area (Å²) < 4.78 is 0. The summed E-state index contributed by atoms with van der Waals surface area (Å²) in [6.07, 6.45) is 0. The molecule has 0 saturated carbocycles. The zero-order chi connectivity index (χ0) is 13.7. The summed E-state index contributed by atoms with van der Waals surface area (Å²) in [6, 6.07) is 6.72. The van der Waals surface area contributed by atoms with Gasteiger partial charge in [0.05, 0.1) is 6.54 Å². The molecule has 0 bridgehead atoms. The third-order valence-corrected chi connectivity index (χ3v) is 2.48. The highest BCUT2D eigenvalue weighted by molar-refractivity contribution is 6.30. The SMILES string of the molecule is CC(C)NC(=O)CN(C)C(=O)c1cccc(Cl)c1. The van der Waals surface area contributed by atoms with Crippen molar-refractivity contribution in [2.75, 3.05) is 13.6 Å². The molecule has 4 nitrogen and oxygen atoms in total. The standard InChI is InChI=1S/C13H17ClN2O2/c1-9(2)15-12(17)8-16(3)13(18)10-5-4-6-11(14)7-10/h4-7,9H,8H2,1-3H3,(H,15,17). The van der Waals surface area contributed by atoms with Gasteiger partial charge in [0.1, 0.15) is 0 Å². The number of nitrogens with zero attached hydrogens (tertiary/aromatic N) is 1. The molecule has 0 aliphatic carbocycles. The van der Waals surface area contributed by atoms with Gasteiger partial charge in [-0.15, -0.1) is 0 Å². The fourth-order valence-electron chi connectivity index (χ4n) is 1.50. The van der Waals surface area contributed by atoms with Crippen LogP contribution >= 0.6 is 11.6 Å².